The van der Waals surface area contributed by atoms with Crippen molar-refractivity contribution in [1.29, 1.82) is 0 Å². The first-order chi connectivity index (χ1) is 12.3. The average molecular weight is 379 g/mol. The molecule has 27 heavy (non-hydrogen) atoms. The topological polar surface area (TPSA) is 102 Å². The average Bonchev–Trinajstić information content (AvgIpc) is 2.77. The van der Waals surface area contributed by atoms with Crippen molar-refractivity contribution in [3.8, 4) is 0 Å². The van der Waals surface area contributed by atoms with Crippen LogP contribution in [0.2, 0.25) is 0 Å². The first-order valence-electron chi connectivity index (χ1n) is 9.26. The van der Waals surface area contributed by atoms with Crippen molar-refractivity contribution in [2.24, 2.45) is 16.6 Å². The molecule has 1 saturated carbocycles. The molecule has 0 aliphatic heterocycles. The lowest BCUT2D eigenvalue weighted by Crippen LogP contribution is -2.49. The number of aliphatic carboxylic acids is 1. The van der Waals surface area contributed by atoms with Gasteiger partial charge >= 0.3 is 12.1 Å². The third kappa shape index (κ3) is 6.86. The molecule has 1 fully saturated rings. The monoisotopic (exact) mass is 378 g/mol. The number of benzene rings is 1. The van der Waals surface area contributed by atoms with Crippen molar-refractivity contribution in [3.63, 3.8) is 0 Å². The number of alkyl carbamates (subject to hydrolysis) is 1. The molecule has 4 N–H and O–H groups in total. The Kier molecular flexibility index (Phi) is 7.43. The molecule has 6 heteroatoms. The number of amides is 1. The Hall–Kier alpha value is -2.08. The van der Waals surface area contributed by atoms with Crippen LogP contribution in [0, 0.1) is 10.8 Å². The van der Waals surface area contributed by atoms with Gasteiger partial charge in [-0.1, -0.05) is 58.0 Å². The van der Waals surface area contributed by atoms with Gasteiger partial charge in [0, 0.05) is 6.04 Å². The fourth-order valence-electron chi connectivity index (χ4n) is 3.08. The number of nitrogens with two attached hydrogens (primary N) is 1. The van der Waals surface area contributed by atoms with E-state index in [9.17, 15) is 9.59 Å². The van der Waals surface area contributed by atoms with Crippen LogP contribution >= 0.6 is 0 Å². The van der Waals surface area contributed by atoms with Crippen molar-refractivity contribution in [2.45, 2.75) is 72.6 Å². The molecule has 1 aromatic rings. The summed E-state index contributed by atoms with van der Waals surface area (Å²) >= 11 is 0. The highest BCUT2D eigenvalue weighted by molar-refractivity contribution is 5.83. The number of ether oxygens (including phenoxy) is 1. The van der Waals surface area contributed by atoms with Crippen LogP contribution in [0.25, 0.3) is 0 Å². The van der Waals surface area contributed by atoms with Gasteiger partial charge in [0.2, 0.25) is 0 Å². The Bertz CT molecular complexity index is 623. The van der Waals surface area contributed by atoms with E-state index in [1.54, 1.807) is 0 Å². The Balaban J connectivity index is 0.000000309. The van der Waals surface area contributed by atoms with Crippen LogP contribution in [0.1, 0.15) is 59.9 Å². The van der Waals surface area contributed by atoms with Crippen molar-refractivity contribution >= 4 is 12.1 Å². The van der Waals surface area contributed by atoms with Crippen molar-refractivity contribution in [3.05, 3.63) is 35.9 Å². The van der Waals surface area contributed by atoms with E-state index < -0.39 is 17.6 Å². The molecule has 1 aromatic carbocycles. The minimum Gasteiger partial charge on any atom is -0.480 e. The molecule has 0 radical (unpaired) electrons. The molecule has 6 nitrogen and oxygen atoms in total. The first-order valence-corrected chi connectivity index (χ1v) is 9.26. The standard InChI is InChI=1S/C12H15NO4.C9H19N/c1-12(2,10(14)15)13-11(16)17-8-9-6-4-3-5-7-9;1-8(2)5-6-9(3,4)7(8)10/h3-7H,8H2,1-2H3,(H,13,16)(H,14,15);7H,5-6,10H2,1-4H3. The molecule has 0 bridgehead atoms. The number of carboxylic acid groups (broad SMARTS) is 1. The van der Waals surface area contributed by atoms with Crippen LogP contribution in [0.4, 0.5) is 4.79 Å². The summed E-state index contributed by atoms with van der Waals surface area (Å²) in [5, 5.41) is 11.1. The van der Waals surface area contributed by atoms with Gasteiger partial charge in [0.15, 0.2) is 0 Å². The van der Waals surface area contributed by atoms with Gasteiger partial charge in [-0.15, -0.1) is 0 Å². The largest absolute Gasteiger partial charge is 0.480 e. The van der Waals surface area contributed by atoms with Crippen molar-refractivity contribution < 1.29 is 19.4 Å². The Morgan fingerprint density at radius 1 is 1.15 bits per heavy atom. The molecule has 0 heterocycles. The van der Waals surface area contributed by atoms with Crippen molar-refractivity contribution in [1.82, 2.24) is 5.32 Å². The third-order valence-electron chi connectivity index (χ3n) is 5.26. The number of nitrogens with one attached hydrogen (secondary N) is 1. The Labute approximate surface area is 162 Å². The molecule has 0 aromatic heterocycles. The molecule has 1 aliphatic carbocycles. The van der Waals surface area contributed by atoms with E-state index in [0.717, 1.165) is 5.56 Å². The maximum absolute atomic E-state index is 11.3. The second-order valence-corrected chi connectivity index (χ2v) is 9.07. The lowest BCUT2D eigenvalue weighted by Gasteiger charge is -2.31. The van der Waals surface area contributed by atoms with Gasteiger partial charge in [-0.2, -0.15) is 0 Å². The number of rotatable bonds is 4. The summed E-state index contributed by atoms with van der Waals surface area (Å²) in [7, 11) is 0. The minimum atomic E-state index is -1.34. The second kappa shape index (κ2) is 8.74. The first kappa shape index (κ1) is 23.0. The molecule has 2 rings (SSSR count). The highest BCUT2D eigenvalue weighted by atomic mass is 16.5. The molecular weight excluding hydrogens is 344 g/mol. The van der Waals surface area contributed by atoms with Crippen LogP contribution < -0.4 is 11.1 Å². The van der Waals surface area contributed by atoms with Gasteiger partial charge in [0.05, 0.1) is 0 Å². The lowest BCUT2D eigenvalue weighted by atomic mass is 9.79. The predicted octanol–water partition coefficient (Wildman–Crippen LogP) is 3.94. The van der Waals surface area contributed by atoms with E-state index >= 15 is 0 Å². The quantitative estimate of drug-likeness (QED) is 0.737. The molecule has 1 aliphatic rings. The highest BCUT2D eigenvalue weighted by Crippen LogP contribution is 2.47. The summed E-state index contributed by atoms with van der Waals surface area (Å²) in [6.45, 7) is 12.0. The second-order valence-electron chi connectivity index (χ2n) is 9.07. The number of hydrogen-bond acceptors (Lipinski definition) is 4. The van der Waals surface area contributed by atoms with Crippen LogP contribution in [0.15, 0.2) is 30.3 Å². The van der Waals surface area contributed by atoms with Crippen molar-refractivity contribution in [2.75, 3.05) is 0 Å². The fourth-order valence-corrected chi connectivity index (χ4v) is 3.08. The maximum atomic E-state index is 11.3. The van der Waals surface area contributed by atoms with Gasteiger partial charge in [-0.3, -0.25) is 0 Å². The summed E-state index contributed by atoms with van der Waals surface area (Å²) in [4.78, 5) is 22.1. The molecule has 0 unspecified atom stereocenters. The van der Waals surface area contributed by atoms with E-state index in [0.29, 0.717) is 16.9 Å². The van der Waals surface area contributed by atoms with E-state index in [1.165, 1.54) is 26.7 Å². The predicted molar refractivity (Wildman–Crippen MR) is 106 cm³/mol. The van der Waals surface area contributed by atoms with E-state index in [1.807, 2.05) is 30.3 Å². The van der Waals surface area contributed by atoms with Crippen LogP contribution in [0.5, 0.6) is 0 Å². The Morgan fingerprint density at radius 3 is 2.00 bits per heavy atom. The highest BCUT2D eigenvalue weighted by Gasteiger charge is 2.44. The molecular formula is C21H34N2O4. The summed E-state index contributed by atoms with van der Waals surface area (Å²) in [6.07, 6.45) is 1.81. The lowest BCUT2D eigenvalue weighted by molar-refractivity contribution is -0.143. The molecule has 152 valence electrons. The summed E-state index contributed by atoms with van der Waals surface area (Å²) < 4.78 is 4.90. The van der Waals surface area contributed by atoms with Crippen LogP contribution in [-0.4, -0.2) is 28.7 Å². The normalized spacial score (nSPS) is 18.2. The van der Waals surface area contributed by atoms with Gasteiger partial charge in [-0.05, 0) is 43.1 Å². The van der Waals surface area contributed by atoms with Crippen LogP contribution in [-0.2, 0) is 16.1 Å². The summed E-state index contributed by atoms with van der Waals surface area (Å²) in [5.74, 6) is -1.12. The molecule has 0 saturated heterocycles. The SMILES string of the molecule is CC(C)(NC(=O)OCc1ccccc1)C(=O)O.CC1(C)CCC(C)(C)C1N. The zero-order valence-corrected chi connectivity index (χ0v) is 17.3. The number of carbonyl (C=O) groups excluding carboxylic acids is 1. The van der Waals surface area contributed by atoms with E-state index in [2.05, 4.69) is 33.0 Å². The fraction of sp³-hybridized carbons (Fsp3) is 0.619. The molecule has 1 amide bonds. The van der Waals surface area contributed by atoms with E-state index in [4.69, 9.17) is 15.6 Å². The van der Waals surface area contributed by atoms with Gasteiger partial charge in [0.25, 0.3) is 0 Å². The smallest absolute Gasteiger partial charge is 0.408 e. The molecule has 0 atom stereocenters. The third-order valence-corrected chi connectivity index (χ3v) is 5.26. The van der Waals surface area contributed by atoms with Gasteiger partial charge < -0.3 is 20.9 Å². The van der Waals surface area contributed by atoms with Gasteiger partial charge in [-0.25, -0.2) is 9.59 Å². The maximum Gasteiger partial charge on any atom is 0.408 e. The summed E-state index contributed by atoms with van der Waals surface area (Å²) in [6, 6.07) is 9.53. The van der Waals surface area contributed by atoms with Gasteiger partial charge in [0.1, 0.15) is 12.1 Å². The zero-order chi connectivity index (χ0) is 20.9. The number of carboxylic acids is 1. The number of carbonyl (C=O) groups is 2. The number of hydrogen-bond donors (Lipinski definition) is 3. The Morgan fingerprint density at radius 2 is 1.63 bits per heavy atom. The zero-order valence-electron chi connectivity index (χ0n) is 17.3. The van der Waals surface area contributed by atoms with Crippen LogP contribution in [0.3, 0.4) is 0 Å². The minimum absolute atomic E-state index is 0.113. The molecule has 0 spiro atoms. The summed E-state index contributed by atoms with van der Waals surface area (Å²) in [5.41, 5.74) is 6.32. The van der Waals surface area contributed by atoms with E-state index in [-0.39, 0.29) is 6.61 Å².